The molecule has 0 aromatic heterocycles. The van der Waals surface area contributed by atoms with Crippen LogP contribution < -0.4 is 66.3 Å². The van der Waals surface area contributed by atoms with Crippen LogP contribution in [0.5, 0.6) is 69.0 Å². The van der Waals surface area contributed by atoms with Gasteiger partial charge in [0.05, 0.1) is 0 Å². The van der Waals surface area contributed by atoms with Gasteiger partial charge in [0.15, 0.2) is 0 Å². The van der Waals surface area contributed by atoms with E-state index in [1.165, 1.54) is 27.8 Å². The van der Waals surface area contributed by atoms with E-state index in [2.05, 4.69) is 181 Å². The van der Waals surface area contributed by atoms with Gasteiger partial charge in [-0.25, -0.2) is 0 Å². The second-order valence-corrected chi connectivity index (χ2v) is 28.9. The maximum atomic E-state index is 7.54. The van der Waals surface area contributed by atoms with Gasteiger partial charge < -0.3 is 55.9 Å². The molecule has 4 atom stereocenters. The van der Waals surface area contributed by atoms with Gasteiger partial charge in [-0.3, -0.25) is 0 Å². The van der Waals surface area contributed by atoms with Gasteiger partial charge in [-0.15, -0.1) is 0 Å². The van der Waals surface area contributed by atoms with Crippen molar-refractivity contribution in [2.24, 2.45) is 5.92 Å². The molecule has 0 N–H and O–H groups in total. The highest BCUT2D eigenvalue weighted by molar-refractivity contribution is 6.61. The Morgan fingerprint density at radius 2 is 0.556 bits per heavy atom. The van der Waals surface area contributed by atoms with Gasteiger partial charge in [0, 0.05) is 33.4 Å². The third-order valence-electron chi connectivity index (χ3n) is 21.9. The highest BCUT2D eigenvalue weighted by Crippen LogP contribution is 2.64. The summed E-state index contributed by atoms with van der Waals surface area (Å²) in [7, 11) is 0. The fourth-order valence-corrected chi connectivity index (χ4v) is 17.0. The molecule has 0 amide bonds. The first kappa shape index (κ1) is 60.4. The quantitative estimate of drug-likeness (QED) is 0.0763. The topological polar surface area (TPSA) is 111 Å². The molecule has 0 fully saturated rings. The van der Waals surface area contributed by atoms with Crippen molar-refractivity contribution in [2.45, 2.75) is 164 Å². The Bertz CT molecular complexity index is 5420. The first-order chi connectivity index (χ1) is 48.5. The Kier molecular flexibility index (Phi) is 14.2. The number of hydrogen-bond acceptors (Lipinski definition) is 12. The molecule has 19 rings (SSSR count). The average molecular weight is 1310 g/mol. The lowest BCUT2D eigenvalue weighted by molar-refractivity contribution is 0.222. The van der Waals surface area contributed by atoms with E-state index in [4.69, 9.17) is 55.9 Å². The lowest BCUT2D eigenvalue weighted by Gasteiger charge is -2.28. The van der Waals surface area contributed by atoms with E-state index in [-0.39, 0.29) is 0 Å². The van der Waals surface area contributed by atoms with Crippen molar-refractivity contribution in [3.05, 3.63) is 166 Å². The highest BCUT2D eigenvalue weighted by Gasteiger charge is 2.58. The van der Waals surface area contributed by atoms with E-state index in [9.17, 15) is 0 Å². The van der Waals surface area contributed by atoms with Crippen LogP contribution in [0.3, 0.4) is 0 Å². The first-order valence-corrected chi connectivity index (χ1v) is 37.1. The fraction of sp³-hybridized carbons (Fsp3) is 0.310. The van der Waals surface area contributed by atoms with Gasteiger partial charge >= 0.3 is 20.9 Å². The minimum Gasteiger partial charge on any atom is -0.609 e. The van der Waals surface area contributed by atoms with Crippen molar-refractivity contribution in [3.63, 3.8) is 0 Å². The van der Waals surface area contributed by atoms with Crippen LogP contribution in [0.25, 0.3) is 99.4 Å². The van der Waals surface area contributed by atoms with Crippen LogP contribution in [-0.2, 0) is 32.1 Å². The Labute approximate surface area is 577 Å². The van der Waals surface area contributed by atoms with Crippen molar-refractivity contribution < 1.29 is 55.9 Å². The second kappa shape index (κ2) is 23.2. The third kappa shape index (κ3) is 9.69. The van der Waals surface area contributed by atoms with E-state index >= 15 is 0 Å². The molecular formula is C84H80B3O12-3. The zero-order valence-electron chi connectivity index (χ0n) is 57.4. The smallest absolute Gasteiger partial charge is 0.609 e. The minimum absolute atomic E-state index is 0.305. The van der Waals surface area contributed by atoms with E-state index in [0.717, 1.165) is 220 Å². The summed E-state index contributed by atoms with van der Waals surface area (Å²) in [5.74, 6) is 5.80. The molecule has 8 aliphatic rings. The molecule has 11 aromatic rings. The number of hydrogen-bond donors (Lipinski definition) is 0. The third-order valence-corrected chi connectivity index (χ3v) is 21.9. The summed E-state index contributed by atoms with van der Waals surface area (Å²) in [6.45, 7) is 4.01. The minimum atomic E-state index is -3.15. The number of aryl methyl sites for hydroxylation is 5. The summed E-state index contributed by atoms with van der Waals surface area (Å²) in [5.41, 5.74) is 10.5. The predicted octanol–water partition coefficient (Wildman–Crippen LogP) is 20.3. The SMILES string of the molecule is CCCCc1ccc2c3c4c(cc2c1)O[B-]1(Oc2cc5cc(CCCC)ccc5c(c2O1)-c1c2c(cc5cc(CCCC)ccc15)O[B-]1(Oc5cc6cc(CCCC)ccc6c(c5O1)-c1c5c(cc6cc(CCCC)ccc16)O[B-]1(Oc6cc7c(c-3c6O1)=CCC(CCCC)C=7)O5)O2)O4. The summed E-state index contributed by atoms with van der Waals surface area (Å²) < 4.78 is 89.1. The van der Waals surface area contributed by atoms with Gasteiger partial charge in [0.2, 0.25) is 0 Å². The van der Waals surface area contributed by atoms with Gasteiger partial charge in [-0.2, -0.15) is 0 Å². The number of benzene rings is 11. The van der Waals surface area contributed by atoms with Crippen LogP contribution >= 0.6 is 0 Å². The summed E-state index contributed by atoms with van der Waals surface area (Å²) in [5, 5.41) is 11.4. The number of fused-ring (bicyclic) bond motifs is 15. The molecule has 4 unspecified atom stereocenters. The van der Waals surface area contributed by atoms with Crippen LogP contribution in [-0.4, -0.2) is 20.9 Å². The zero-order chi connectivity index (χ0) is 66.5. The lowest BCUT2D eigenvalue weighted by Crippen LogP contribution is -2.54. The molecule has 0 saturated heterocycles. The van der Waals surface area contributed by atoms with Gasteiger partial charge in [0.25, 0.3) is 0 Å². The highest BCUT2D eigenvalue weighted by atomic mass is 16.9. The van der Waals surface area contributed by atoms with Crippen LogP contribution in [0.15, 0.2) is 127 Å². The molecule has 7 aliphatic heterocycles. The molecule has 3 spiro atoms. The molecule has 0 saturated carbocycles. The predicted molar refractivity (Wildman–Crippen MR) is 397 cm³/mol. The van der Waals surface area contributed by atoms with E-state index in [0.29, 0.717) is 74.9 Å². The van der Waals surface area contributed by atoms with Crippen molar-refractivity contribution in [1.82, 2.24) is 0 Å². The zero-order valence-corrected chi connectivity index (χ0v) is 57.4. The number of rotatable bonds is 18. The van der Waals surface area contributed by atoms with Crippen molar-refractivity contribution in [1.29, 1.82) is 0 Å². The molecule has 0 radical (unpaired) electrons. The van der Waals surface area contributed by atoms with Gasteiger partial charge in [-0.05, 0) is 211 Å². The van der Waals surface area contributed by atoms with Gasteiger partial charge in [-0.1, -0.05) is 190 Å². The van der Waals surface area contributed by atoms with Crippen LogP contribution in [0.2, 0.25) is 0 Å². The largest absolute Gasteiger partial charge is 0.777 e. The van der Waals surface area contributed by atoms with Crippen molar-refractivity contribution >= 4 is 86.9 Å². The molecule has 9 bridgehead atoms. The molecule has 11 aromatic carbocycles. The molecule has 99 heavy (non-hydrogen) atoms. The van der Waals surface area contributed by atoms with Crippen molar-refractivity contribution in [2.75, 3.05) is 0 Å². The van der Waals surface area contributed by atoms with Gasteiger partial charge in [0.1, 0.15) is 69.0 Å². The lowest BCUT2D eigenvalue weighted by atomic mass is 9.87. The molecular weight excluding hydrogens is 1230 g/mol. The molecule has 7 heterocycles. The molecule has 500 valence electrons. The van der Waals surface area contributed by atoms with E-state index in [1.807, 2.05) is 0 Å². The Morgan fingerprint density at radius 1 is 0.293 bits per heavy atom. The van der Waals surface area contributed by atoms with E-state index < -0.39 is 20.9 Å². The summed E-state index contributed by atoms with van der Waals surface area (Å²) in [6.07, 6.45) is 24.0. The second-order valence-electron chi connectivity index (χ2n) is 28.9. The summed E-state index contributed by atoms with van der Waals surface area (Å²) >= 11 is 0. The van der Waals surface area contributed by atoms with E-state index in [1.54, 1.807) is 0 Å². The first-order valence-electron chi connectivity index (χ1n) is 37.1. The molecule has 1 aliphatic carbocycles. The Hall–Kier alpha value is -9.75. The van der Waals surface area contributed by atoms with Crippen LogP contribution in [0, 0.1) is 5.92 Å². The Morgan fingerprint density at radius 3 is 0.838 bits per heavy atom. The van der Waals surface area contributed by atoms with Crippen LogP contribution in [0.1, 0.15) is 159 Å². The molecule has 12 nitrogen and oxygen atoms in total. The van der Waals surface area contributed by atoms with Crippen LogP contribution in [0.4, 0.5) is 0 Å². The summed E-state index contributed by atoms with van der Waals surface area (Å²) in [4.78, 5) is 0. The Balaban J connectivity index is 0.915. The average Bonchev–Trinajstić information content (AvgIpc) is 1.52. The maximum absolute atomic E-state index is 7.54. The molecule has 15 heteroatoms. The maximum Gasteiger partial charge on any atom is 0.777 e. The van der Waals surface area contributed by atoms with Crippen molar-refractivity contribution in [3.8, 4) is 102 Å². The fourth-order valence-electron chi connectivity index (χ4n) is 17.0. The normalized spacial score (nSPS) is 19.8. The number of unbranched alkanes of at least 4 members (excludes halogenated alkanes) is 6. The standard InChI is InChI=1S/C84H80B3O12/c1-7-13-19-49-25-31-61-55(37-49)43-67-79-73(61)74-62-32-26-50(20-14-8-2)38-56(62)44-68-80(74)95-86(90-68)91-70-46-58-40-53(23-17-11-5)29-35-65(58)77(82(70)97-86)78-66-36-30-54(24-18-12-6)42-60(66)48-72-84(78)99-87(93-72)92-71-47-59-41-52(22-16-10-4)28-34-64(59)76(83(71)98-87)75-63-33-27-51(21-15-9-3)39-57(63)45-69-81(75)96-85(88-67,89-69)94-79/h25-29,31-48,54H,7-24,30H2,1-6H3/q-3. The monoisotopic (exact) mass is 1310 g/mol. The summed E-state index contributed by atoms with van der Waals surface area (Å²) in [6, 6.07) is 46.2.